The Labute approximate surface area is 179 Å². The van der Waals surface area contributed by atoms with Gasteiger partial charge in [-0.15, -0.1) is 0 Å². The summed E-state index contributed by atoms with van der Waals surface area (Å²) in [5, 5.41) is 10.4. The molecule has 1 amide bonds. The standard InChI is InChI=1S/C23H23N3O3S/c1-15-7-8-19(16(2)11-15)25-10-9-24-23(25)30-14-21(27)26-13-18-6-4-3-5-17(18)12-20(26)22(28)29/h3-11,20H,12-14H2,1-2H3,(H,28,29). The smallest absolute Gasteiger partial charge is 0.326 e. The van der Waals surface area contributed by atoms with Gasteiger partial charge in [-0.1, -0.05) is 53.7 Å². The Kier molecular flexibility index (Phi) is 5.63. The van der Waals surface area contributed by atoms with E-state index in [0.29, 0.717) is 18.1 Å². The molecule has 1 N–H and O–H groups in total. The number of aromatic nitrogens is 2. The Balaban J connectivity index is 1.51. The number of carbonyl (C=O) groups is 2. The fourth-order valence-electron chi connectivity index (χ4n) is 3.87. The highest BCUT2D eigenvalue weighted by Gasteiger charge is 2.34. The number of aryl methyl sites for hydroxylation is 2. The number of nitrogens with zero attached hydrogens (tertiary/aromatic N) is 3. The molecule has 1 aliphatic rings. The fourth-order valence-corrected chi connectivity index (χ4v) is 4.72. The van der Waals surface area contributed by atoms with E-state index in [0.717, 1.165) is 22.4 Å². The van der Waals surface area contributed by atoms with Crippen molar-refractivity contribution in [2.75, 3.05) is 5.75 Å². The second kappa shape index (κ2) is 8.36. The summed E-state index contributed by atoms with van der Waals surface area (Å²) < 4.78 is 1.97. The average molecular weight is 422 g/mol. The molecule has 30 heavy (non-hydrogen) atoms. The molecule has 1 atom stereocenters. The van der Waals surface area contributed by atoms with Crippen molar-refractivity contribution in [3.8, 4) is 5.69 Å². The van der Waals surface area contributed by atoms with Crippen molar-refractivity contribution in [2.45, 2.75) is 38.0 Å². The highest BCUT2D eigenvalue weighted by Crippen LogP contribution is 2.27. The van der Waals surface area contributed by atoms with Crippen molar-refractivity contribution in [3.63, 3.8) is 0 Å². The zero-order chi connectivity index (χ0) is 21.3. The summed E-state index contributed by atoms with van der Waals surface area (Å²) in [4.78, 5) is 30.7. The van der Waals surface area contributed by atoms with Gasteiger partial charge in [-0.2, -0.15) is 0 Å². The van der Waals surface area contributed by atoms with E-state index in [1.54, 1.807) is 6.20 Å². The lowest BCUT2D eigenvalue weighted by atomic mass is 9.94. The molecule has 1 aliphatic heterocycles. The van der Waals surface area contributed by atoms with E-state index in [1.807, 2.05) is 54.1 Å². The van der Waals surface area contributed by atoms with Gasteiger partial charge < -0.3 is 10.0 Å². The first-order valence-corrected chi connectivity index (χ1v) is 10.8. The van der Waals surface area contributed by atoms with Gasteiger partial charge >= 0.3 is 5.97 Å². The van der Waals surface area contributed by atoms with Gasteiger partial charge in [0, 0.05) is 25.4 Å². The third kappa shape index (κ3) is 3.98. The van der Waals surface area contributed by atoms with Crippen LogP contribution in [-0.4, -0.2) is 43.2 Å². The van der Waals surface area contributed by atoms with Gasteiger partial charge in [0.05, 0.1) is 11.4 Å². The average Bonchev–Trinajstić information content (AvgIpc) is 3.19. The largest absolute Gasteiger partial charge is 0.480 e. The van der Waals surface area contributed by atoms with Crippen LogP contribution in [0.4, 0.5) is 0 Å². The molecule has 1 aromatic heterocycles. The van der Waals surface area contributed by atoms with Crippen molar-refractivity contribution < 1.29 is 14.7 Å². The third-order valence-corrected chi connectivity index (χ3v) is 6.35. The van der Waals surface area contributed by atoms with Gasteiger partial charge in [-0.05, 0) is 36.6 Å². The minimum atomic E-state index is -0.973. The topological polar surface area (TPSA) is 75.4 Å². The maximum Gasteiger partial charge on any atom is 0.326 e. The highest BCUT2D eigenvalue weighted by atomic mass is 32.2. The van der Waals surface area contributed by atoms with Crippen LogP contribution in [0, 0.1) is 13.8 Å². The molecular weight excluding hydrogens is 398 g/mol. The quantitative estimate of drug-likeness (QED) is 0.637. The van der Waals surface area contributed by atoms with Gasteiger partial charge in [0.2, 0.25) is 5.91 Å². The molecule has 6 nitrogen and oxygen atoms in total. The predicted molar refractivity (Wildman–Crippen MR) is 116 cm³/mol. The number of carboxylic acid groups (broad SMARTS) is 1. The summed E-state index contributed by atoms with van der Waals surface area (Å²) in [5.41, 5.74) is 5.33. The second-order valence-corrected chi connectivity index (χ2v) is 8.45. The zero-order valence-corrected chi connectivity index (χ0v) is 17.7. The lowest BCUT2D eigenvalue weighted by Gasteiger charge is -2.34. The Morgan fingerprint density at radius 2 is 1.93 bits per heavy atom. The summed E-state index contributed by atoms with van der Waals surface area (Å²) in [6, 6.07) is 13.1. The number of amides is 1. The molecule has 0 aliphatic carbocycles. The molecule has 2 aromatic carbocycles. The predicted octanol–water partition coefficient (Wildman–Crippen LogP) is 3.62. The number of aliphatic carboxylic acids is 1. The molecule has 2 heterocycles. The fraction of sp³-hybridized carbons (Fsp3) is 0.261. The van der Waals surface area contributed by atoms with Crippen LogP contribution in [0.5, 0.6) is 0 Å². The number of hydrogen-bond acceptors (Lipinski definition) is 4. The van der Waals surface area contributed by atoms with Gasteiger partial charge in [-0.3, -0.25) is 9.36 Å². The molecule has 0 fully saturated rings. The van der Waals surface area contributed by atoms with E-state index in [1.165, 1.54) is 22.2 Å². The lowest BCUT2D eigenvalue weighted by molar-refractivity contribution is -0.150. The molecule has 3 aromatic rings. The summed E-state index contributed by atoms with van der Waals surface area (Å²) in [7, 11) is 0. The Bertz CT molecular complexity index is 1110. The third-order valence-electron chi connectivity index (χ3n) is 5.40. The normalized spacial score (nSPS) is 15.7. The molecule has 0 radical (unpaired) electrons. The van der Waals surface area contributed by atoms with E-state index < -0.39 is 12.0 Å². The van der Waals surface area contributed by atoms with Crippen LogP contribution in [0.3, 0.4) is 0 Å². The summed E-state index contributed by atoms with van der Waals surface area (Å²) in [6.45, 7) is 4.41. The van der Waals surface area contributed by atoms with Crippen LogP contribution in [0.15, 0.2) is 60.0 Å². The van der Waals surface area contributed by atoms with E-state index >= 15 is 0 Å². The Morgan fingerprint density at radius 3 is 2.67 bits per heavy atom. The number of fused-ring (bicyclic) bond motifs is 1. The monoisotopic (exact) mass is 421 g/mol. The number of hydrogen-bond donors (Lipinski definition) is 1. The van der Waals surface area contributed by atoms with Crippen LogP contribution in [0.1, 0.15) is 22.3 Å². The van der Waals surface area contributed by atoms with E-state index in [2.05, 4.69) is 18.0 Å². The van der Waals surface area contributed by atoms with Gasteiger partial charge in [-0.25, -0.2) is 9.78 Å². The van der Waals surface area contributed by atoms with Crippen molar-refractivity contribution in [1.82, 2.24) is 14.5 Å². The maximum atomic E-state index is 13.0. The highest BCUT2D eigenvalue weighted by molar-refractivity contribution is 7.99. The number of imidazole rings is 1. The van der Waals surface area contributed by atoms with Crippen LogP contribution < -0.4 is 0 Å². The minimum Gasteiger partial charge on any atom is -0.480 e. The molecule has 4 rings (SSSR count). The van der Waals surface area contributed by atoms with E-state index in [9.17, 15) is 14.7 Å². The zero-order valence-electron chi connectivity index (χ0n) is 16.9. The Morgan fingerprint density at radius 1 is 1.17 bits per heavy atom. The number of benzene rings is 2. The molecule has 0 saturated heterocycles. The van der Waals surface area contributed by atoms with Crippen molar-refractivity contribution >= 4 is 23.6 Å². The van der Waals surface area contributed by atoms with Gasteiger partial charge in [0.1, 0.15) is 6.04 Å². The molecule has 0 saturated carbocycles. The molecular formula is C23H23N3O3S. The molecule has 0 bridgehead atoms. The van der Waals surface area contributed by atoms with Crippen molar-refractivity contribution in [2.24, 2.45) is 0 Å². The van der Waals surface area contributed by atoms with Crippen LogP contribution in [-0.2, 0) is 22.6 Å². The summed E-state index contributed by atoms with van der Waals surface area (Å²) in [6.07, 6.45) is 3.92. The lowest BCUT2D eigenvalue weighted by Crippen LogP contribution is -2.49. The molecule has 0 spiro atoms. The first kappa shape index (κ1) is 20.2. The Hall–Kier alpha value is -3.06. The SMILES string of the molecule is Cc1ccc(-n2ccnc2SCC(=O)N2Cc3ccccc3CC2C(=O)O)c(C)c1. The first-order valence-electron chi connectivity index (χ1n) is 9.77. The van der Waals surface area contributed by atoms with Crippen LogP contribution in [0.2, 0.25) is 0 Å². The first-order chi connectivity index (χ1) is 14.4. The summed E-state index contributed by atoms with van der Waals surface area (Å²) in [5.74, 6) is -1.04. The number of carbonyl (C=O) groups excluding carboxylic acids is 1. The van der Waals surface area contributed by atoms with Gasteiger partial charge in [0.25, 0.3) is 0 Å². The molecule has 154 valence electrons. The van der Waals surface area contributed by atoms with E-state index in [-0.39, 0.29) is 11.7 Å². The molecule has 1 unspecified atom stereocenters. The minimum absolute atomic E-state index is 0.133. The van der Waals surface area contributed by atoms with Crippen LogP contribution >= 0.6 is 11.8 Å². The maximum absolute atomic E-state index is 13.0. The van der Waals surface area contributed by atoms with Gasteiger partial charge in [0.15, 0.2) is 5.16 Å². The summed E-state index contributed by atoms with van der Waals surface area (Å²) >= 11 is 1.33. The van der Waals surface area contributed by atoms with Crippen molar-refractivity contribution in [3.05, 3.63) is 77.1 Å². The van der Waals surface area contributed by atoms with Crippen LogP contribution in [0.25, 0.3) is 5.69 Å². The second-order valence-electron chi connectivity index (χ2n) is 7.51. The van der Waals surface area contributed by atoms with Crippen molar-refractivity contribution in [1.29, 1.82) is 0 Å². The molecule has 7 heteroatoms. The van der Waals surface area contributed by atoms with E-state index in [4.69, 9.17) is 0 Å². The number of rotatable bonds is 5. The number of carboxylic acids is 1. The number of thioether (sulfide) groups is 1.